The van der Waals surface area contributed by atoms with Crippen molar-refractivity contribution in [1.29, 1.82) is 0 Å². The van der Waals surface area contributed by atoms with Crippen molar-refractivity contribution in [1.82, 2.24) is 10.5 Å². The van der Waals surface area contributed by atoms with Crippen LogP contribution in [0.4, 0.5) is 0 Å². The summed E-state index contributed by atoms with van der Waals surface area (Å²) < 4.78 is 5.11. The van der Waals surface area contributed by atoms with Gasteiger partial charge in [-0.15, -0.1) is 0 Å². The van der Waals surface area contributed by atoms with Crippen LogP contribution in [0.15, 0.2) is 28.8 Å². The van der Waals surface area contributed by atoms with E-state index in [2.05, 4.69) is 10.5 Å². The quantitative estimate of drug-likeness (QED) is 0.856. The Bertz CT molecular complexity index is 590. The third-order valence-electron chi connectivity index (χ3n) is 2.92. The second-order valence-corrected chi connectivity index (χ2v) is 4.54. The van der Waals surface area contributed by atoms with E-state index in [1.165, 1.54) is 0 Å². The molecule has 0 saturated heterocycles. The first-order chi connectivity index (χ1) is 9.06. The summed E-state index contributed by atoms with van der Waals surface area (Å²) in [5, 5.41) is 7.10. The summed E-state index contributed by atoms with van der Waals surface area (Å²) in [6.07, 6.45) is 0. The van der Waals surface area contributed by atoms with Gasteiger partial charge < -0.3 is 15.6 Å². The molecule has 0 atom stereocenters. The molecular formula is C14H17N3O2. The zero-order chi connectivity index (χ0) is 13.8. The predicted molar refractivity (Wildman–Crippen MR) is 71.5 cm³/mol. The van der Waals surface area contributed by atoms with Gasteiger partial charge in [-0.2, -0.15) is 0 Å². The number of aromatic nitrogens is 1. The van der Waals surface area contributed by atoms with Crippen LogP contribution in [-0.2, 0) is 13.1 Å². The van der Waals surface area contributed by atoms with E-state index in [9.17, 15) is 4.79 Å². The largest absolute Gasteiger partial charge is 0.366 e. The van der Waals surface area contributed by atoms with E-state index in [0.717, 1.165) is 22.6 Å². The smallest absolute Gasteiger partial charge is 0.248 e. The molecule has 5 heteroatoms. The van der Waals surface area contributed by atoms with Crippen molar-refractivity contribution in [2.75, 3.05) is 0 Å². The summed E-state index contributed by atoms with van der Waals surface area (Å²) >= 11 is 0. The van der Waals surface area contributed by atoms with Crippen LogP contribution in [0.2, 0.25) is 0 Å². The summed E-state index contributed by atoms with van der Waals surface area (Å²) in [5.74, 6) is 0.406. The van der Waals surface area contributed by atoms with E-state index < -0.39 is 5.91 Å². The van der Waals surface area contributed by atoms with Gasteiger partial charge in [0.1, 0.15) is 0 Å². The van der Waals surface area contributed by atoms with Gasteiger partial charge in [-0.05, 0) is 37.1 Å². The molecule has 2 rings (SSSR count). The van der Waals surface area contributed by atoms with Crippen LogP contribution >= 0.6 is 0 Å². The van der Waals surface area contributed by atoms with E-state index in [-0.39, 0.29) is 0 Å². The van der Waals surface area contributed by atoms with Crippen molar-refractivity contribution in [2.24, 2.45) is 5.73 Å². The Morgan fingerprint density at radius 3 is 2.68 bits per heavy atom. The summed E-state index contributed by atoms with van der Waals surface area (Å²) in [4.78, 5) is 11.1. The summed E-state index contributed by atoms with van der Waals surface area (Å²) in [6.45, 7) is 5.17. The SMILES string of the molecule is Cc1cc(CNCc2ccc(C(N)=O)cc2C)on1. The van der Waals surface area contributed by atoms with E-state index in [4.69, 9.17) is 10.3 Å². The standard InChI is InChI=1S/C14H17N3O2/c1-9-5-11(14(15)18)3-4-12(9)7-16-8-13-6-10(2)17-19-13/h3-6,16H,7-8H2,1-2H3,(H2,15,18). The number of hydrogen-bond donors (Lipinski definition) is 2. The first kappa shape index (κ1) is 13.3. The Kier molecular flexibility index (Phi) is 3.97. The van der Waals surface area contributed by atoms with Gasteiger partial charge in [0.15, 0.2) is 5.76 Å². The number of primary amides is 1. The molecule has 0 fully saturated rings. The number of carbonyl (C=O) groups excluding carboxylic acids is 1. The van der Waals surface area contributed by atoms with Crippen molar-refractivity contribution in [3.05, 3.63) is 52.4 Å². The number of nitrogens with zero attached hydrogens (tertiary/aromatic N) is 1. The molecule has 1 aromatic carbocycles. The molecule has 0 spiro atoms. The highest BCUT2D eigenvalue weighted by atomic mass is 16.5. The maximum atomic E-state index is 11.1. The fraction of sp³-hybridized carbons (Fsp3) is 0.286. The molecule has 0 bridgehead atoms. The minimum absolute atomic E-state index is 0.403. The number of aryl methyl sites for hydroxylation is 2. The van der Waals surface area contributed by atoms with Crippen LogP contribution in [0.1, 0.15) is 32.9 Å². The Balaban J connectivity index is 1.94. The number of nitrogens with two attached hydrogens (primary N) is 1. The minimum atomic E-state index is -0.403. The second-order valence-electron chi connectivity index (χ2n) is 4.54. The van der Waals surface area contributed by atoms with Crippen LogP contribution in [0, 0.1) is 13.8 Å². The lowest BCUT2D eigenvalue weighted by molar-refractivity contribution is 0.1000. The topological polar surface area (TPSA) is 81.1 Å². The van der Waals surface area contributed by atoms with Crippen molar-refractivity contribution >= 4 is 5.91 Å². The molecular weight excluding hydrogens is 242 g/mol. The summed E-state index contributed by atoms with van der Waals surface area (Å²) in [7, 11) is 0. The summed E-state index contributed by atoms with van der Waals surface area (Å²) in [5.41, 5.74) is 8.81. The number of rotatable bonds is 5. The first-order valence-corrected chi connectivity index (χ1v) is 6.08. The molecule has 2 aromatic rings. The molecule has 100 valence electrons. The van der Waals surface area contributed by atoms with Gasteiger partial charge >= 0.3 is 0 Å². The van der Waals surface area contributed by atoms with Crippen molar-refractivity contribution in [3.8, 4) is 0 Å². The lowest BCUT2D eigenvalue weighted by Gasteiger charge is -2.07. The molecule has 0 aliphatic carbocycles. The highest BCUT2D eigenvalue weighted by Gasteiger charge is 2.05. The number of amides is 1. The molecule has 0 aliphatic heterocycles. The molecule has 1 aromatic heterocycles. The Morgan fingerprint density at radius 1 is 1.32 bits per heavy atom. The lowest BCUT2D eigenvalue weighted by atomic mass is 10.0. The molecule has 5 nitrogen and oxygen atoms in total. The fourth-order valence-electron chi connectivity index (χ4n) is 1.87. The fourth-order valence-corrected chi connectivity index (χ4v) is 1.87. The molecule has 3 N–H and O–H groups in total. The van der Waals surface area contributed by atoms with E-state index in [1.807, 2.05) is 26.0 Å². The molecule has 1 amide bonds. The number of benzene rings is 1. The Labute approximate surface area is 111 Å². The van der Waals surface area contributed by atoms with E-state index >= 15 is 0 Å². The van der Waals surface area contributed by atoms with Gasteiger partial charge in [0.2, 0.25) is 5.91 Å². The highest BCUT2D eigenvalue weighted by Crippen LogP contribution is 2.11. The monoisotopic (exact) mass is 259 g/mol. The number of carbonyl (C=O) groups is 1. The van der Waals surface area contributed by atoms with Crippen LogP contribution in [-0.4, -0.2) is 11.1 Å². The predicted octanol–water partition coefficient (Wildman–Crippen LogP) is 1.68. The van der Waals surface area contributed by atoms with E-state index in [1.54, 1.807) is 12.1 Å². The van der Waals surface area contributed by atoms with Gasteiger partial charge in [0.25, 0.3) is 0 Å². The minimum Gasteiger partial charge on any atom is -0.366 e. The molecule has 0 radical (unpaired) electrons. The highest BCUT2D eigenvalue weighted by molar-refractivity contribution is 5.93. The number of nitrogens with one attached hydrogen (secondary N) is 1. The first-order valence-electron chi connectivity index (χ1n) is 6.08. The van der Waals surface area contributed by atoms with Crippen LogP contribution in [0.5, 0.6) is 0 Å². The van der Waals surface area contributed by atoms with Crippen LogP contribution < -0.4 is 11.1 Å². The third-order valence-corrected chi connectivity index (χ3v) is 2.92. The van der Waals surface area contributed by atoms with Crippen LogP contribution in [0.3, 0.4) is 0 Å². The Morgan fingerprint density at radius 2 is 2.11 bits per heavy atom. The lowest BCUT2D eigenvalue weighted by Crippen LogP contribution is -2.15. The zero-order valence-electron chi connectivity index (χ0n) is 11.1. The summed E-state index contributed by atoms with van der Waals surface area (Å²) in [6, 6.07) is 7.35. The van der Waals surface area contributed by atoms with Gasteiger partial charge in [-0.1, -0.05) is 11.2 Å². The van der Waals surface area contributed by atoms with Gasteiger partial charge in [-0.3, -0.25) is 4.79 Å². The van der Waals surface area contributed by atoms with Crippen molar-refractivity contribution in [2.45, 2.75) is 26.9 Å². The molecule has 1 heterocycles. The average Bonchev–Trinajstić information content (AvgIpc) is 2.77. The molecule has 0 aliphatic rings. The number of hydrogen-bond acceptors (Lipinski definition) is 4. The molecule has 0 unspecified atom stereocenters. The van der Waals surface area contributed by atoms with Gasteiger partial charge in [-0.25, -0.2) is 0 Å². The second kappa shape index (κ2) is 5.67. The zero-order valence-corrected chi connectivity index (χ0v) is 11.1. The average molecular weight is 259 g/mol. The van der Waals surface area contributed by atoms with Crippen LogP contribution in [0.25, 0.3) is 0 Å². The van der Waals surface area contributed by atoms with Gasteiger partial charge in [0.05, 0.1) is 12.2 Å². The van der Waals surface area contributed by atoms with Crippen molar-refractivity contribution < 1.29 is 9.32 Å². The molecule has 0 saturated carbocycles. The third kappa shape index (κ3) is 3.42. The molecule has 19 heavy (non-hydrogen) atoms. The van der Waals surface area contributed by atoms with Gasteiger partial charge in [0, 0.05) is 18.2 Å². The maximum Gasteiger partial charge on any atom is 0.248 e. The normalized spacial score (nSPS) is 10.6. The van der Waals surface area contributed by atoms with Crippen molar-refractivity contribution in [3.63, 3.8) is 0 Å². The Hall–Kier alpha value is -2.14. The van der Waals surface area contributed by atoms with E-state index in [0.29, 0.717) is 18.7 Å². The maximum absolute atomic E-state index is 11.1.